The Morgan fingerprint density at radius 2 is 2.07 bits per heavy atom. The SMILES string of the molecule is CC(C)(C)OC(=O)N1CCCC1CNc1cnc(Cl)nc1Oc1ccc(CF)cc1. The van der Waals surface area contributed by atoms with Gasteiger partial charge in [-0.1, -0.05) is 12.1 Å². The van der Waals surface area contributed by atoms with Crippen molar-refractivity contribution < 1.29 is 18.7 Å². The molecule has 162 valence electrons. The van der Waals surface area contributed by atoms with E-state index in [0.29, 0.717) is 30.1 Å². The van der Waals surface area contributed by atoms with E-state index < -0.39 is 12.3 Å². The van der Waals surface area contributed by atoms with Crippen molar-refractivity contribution in [3.63, 3.8) is 0 Å². The minimum absolute atomic E-state index is 0.0211. The number of hydrogen-bond donors (Lipinski definition) is 1. The Labute approximate surface area is 180 Å². The van der Waals surface area contributed by atoms with Crippen molar-refractivity contribution in [1.29, 1.82) is 0 Å². The van der Waals surface area contributed by atoms with E-state index >= 15 is 0 Å². The van der Waals surface area contributed by atoms with E-state index in [2.05, 4.69) is 15.3 Å². The maximum absolute atomic E-state index is 12.7. The third-order valence-corrected chi connectivity index (χ3v) is 4.73. The largest absolute Gasteiger partial charge is 0.444 e. The Morgan fingerprint density at radius 3 is 2.73 bits per heavy atom. The van der Waals surface area contributed by atoms with Gasteiger partial charge in [-0.2, -0.15) is 4.98 Å². The van der Waals surface area contributed by atoms with Crippen LogP contribution in [0.25, 0.3) is 0 Å². The molecule has 1 atom stereocenters. The molecule has 2 aromatic rings. The number of ether oxygens (including phenoxy) is 2. The first-order chi connectivity index (χ1) is 14.2. The maximum Gasteiger partial charge on any atom is 0.410 e. The number of rotatable bonds is 6. The van der Waals surface area contributed by atoms with Crippen LogP contribution in [0.3, 0.4) is 0 Å². The Morgan fingerprint density at radius 1 is 1.33 bits per heavy atom. The van der Waals surface area contributed by atoms with Gasteiger partial charge < -0.3 is 19.7 Å². The minimum Gasteiger partial charge on any atom is -0.444 e. The second-order valence-corrected chi connectivity index (χ2v) is 8.43. The van der Waals surface area contributed by atoms with Crippen LogP contribution < -0.4 is 10.1 Å². The lowest BCUT2D eigenvalue weighted by Crippen LogP contribution is -2.42. The van der Waals surface area contributed by atoms with Gasteiger partial charge in [-0.25, -0.2) is 14.2 Å². The minimum atomic E-state index is -0.541. The lowest BCUT2D eigenvalue weighted by molar-refractivity contribution is 0.0235. The molecule has 2 heterocycles. The summed E-state index contributed by atoms with van der Waals surface area (Å²) in [6, 6.07) is 6.59. The zero-order chi connectivity index (χ0) is 21.7. The molecule has 0 spiro atoms. The van der Waals surface area contributed by atoms with Crippen molar-refractivity contribution in [3.8, 4) is 11.6 Å². The van der Waals surface area contributed by atoms with Crippen molar-refractivity contribution in [3.05, 3.63) is 41.3 Å². The Hall–Kier alpha value is -2.61. The summed E-state index contributed by atoms with van der Waals surface area (Å²) in [5, 5.41) is 3.30. The Bertz CT molecular complexity index is 874. The molecular formula is C21H26ClFN4O3. The number of amides is 1. The maximum atomic E-state index is 12.7. The molecule has 1 aromatic carbocycles. The molecule has 1 amide bonds. The molecule has 1 unspecified atom stereocenters. The Kier molecular flexibility index (Phi) is 6.97. The van der Waals surface area contributed by atoms with Gasteiger partial charge in [0.05, 0.1) is 12.2 Å². The monoisotopic (exact) mass is 436 g/mol. The van der Waals surface area contributed by atoms with Gasteiger partial charge in [0.25, 0.3) is 0 Å². The second-order valence-electron chi connectivity index (χ2n) is 8.09. The molecule has 30 heavy (non-hydrogen) atoms. The molecule has 1 aromatic heterocycles. The van der Waals surface area contributed by atoms with Gasteiger partial charge in [0.2, 0.25) is 11.2 Å². The van der Waals surface area contributed by atoms with Crippen LogP contribution in [-0.4, -0.2) is 45.7 Å². The summed E-state index contributed by atoms with van der Waals surface area (Å²) in [5.41, 5.74) is 0.565. The number of carbonyl (C=O) groups excluding carboxylic acids is 1. The quantitative estimate of drug-likeness (QED) is 0.627. The van der Waals surface area contributed by atoms with Crippen LogP contribution >= 0.6 is 11.6 Å². The number of likely N-dealkylation sites (tertiary alicyclic amines) is 1. The second kappa shape index (κ2) is 9.47. The molecule has 1 N–H and O–H groups in total. The van der Waals surface area contributed by atoms with Crippen LogP contribution in [0.2, 0.25) is 5.28 Å². The number of alkyl halides is 1. The fourth-order valence-electron chi connectivity index (χ4n) is 3.14. The summed E-state index contributed by atoms with van der Waals surface area (Å²) < 4.78 is 24.0. The van der Waals surface area contributed by atoms with E-state index in [-0.39, 0.29) is 23.3 Å². The zero-order valence-corrected chi connectivity index (χ0v) is 18.1. The molecule has 7 nitrogen and oxygen atoms in total. The molecule has 0 aliphatic carbocycles. The summed E-state index contributed by atoms with van der Waals surface area (Å²) in [6.07, 6.45) is 2.99. The molecular weight excluding hydrogens is 411 g/mol. The molecule has 0 saturated carbocycles. The van der Waals surface area contributed by atoms with E-state index in [0.717, 1.165) is 12.8 Å². The first-order valence-corrected chi connectivity index (χ1v) is 10.2. The molecule has 9 heteroatoms. The highest BCUT2D eigenvalue weighted by molar-refractivity contribution is 6.28. The highest BCUT2D eigenvalue weighted by Gasteiger charge is 2.32. The predicted molar refractivity (Wildman–Crippen MR) is 113 cm³/mol. The van der Waals surface area contributed by atoms with Gasteiger partial charge >= 0.3 is 6.09 Å². The Balaban J connectivity index is 1.68. The van der Waals surface area contributed by atoms with Crippen molar-refractivity contribution >= 4 is 23.4 Å². The number of aromatic nitrogens is 2. The van der Waals surface area contributed by atoms with Crippen LogP contribution in [0.5, 0.6) is 11.6 Å². The number of nitrogens with zero attached hydrogens (tertiary/aromatic N) is 3. The standard InChI is InChI=1S/C21H26ClFN4O3/c1-21(2,3)30-20(28)27-10-4-5-15(27)12-24-17-13-25-19(22)26-18(17)29-16-8-6-14(11-23)7-9-16/h6-9,13,15,24H,4-5,10-12H2,1-3H3. The molecule has 1 saturated heterocycles. The predicted octanol–water partition coefficient (Wildman–Crippen LogP) is 5.20. The third kappa shape index (κ3) is 5.95. The average molecular weight is 437 g/mol. The van der Waals surface area contributed by atoms with E-state index in [1.165, 1.54) is 6.20 Å². The van der Waals surface area contributed by atoms with E-state index in [4.69, 9.17) is 21.1 Å². The zero-order valence-electron chi connectivity index (χ0n) is 17.3. The van der Waals surface area contributed by atoms with Crippen molar-refractivity contribution in [2.75, 3.05) is 18.4 Å². The number of nitrogens with one attached hydrogen (secondary N) is 1. The number of hydrogen-bond acceptors (Lipinski definition) is 6. The van der Waals surface area contributed by atoms with Crippen LogP contribution in [0.4, 0.5) is 14.9 Å². The van der Waals surface area contributed by atoms with E-state index in [1.54, 1.807) is 29.2 Å². The normalized spacial score (nSPS) is 16.4. The number of halogens is 2. The molecule has 1 fully saturated rings. The van der Waals surface area contributed by atoms with Crippen LogP contribution in [0.1, 0.15) is 39.2 Å². The lowest BCUT2D eigenvalue weighted by atomic mass is 10.2. The average Bonchev–Trinajstić information content (AvgIpc) is 3.15. The summed E-state index contributed by atoms with van der Waals surface area (Å²) in [6.45, 7) is 6.15. The number of anilines is 1. The highest BCUT2D eigenvalue weighted by atomic mass is 35.5. The summed E-state index contributed by atoms with van der Waals surface area (Å²) in [5.74, 6) is 0.756. The van der Waals surface area contributed by atoms with Crippen molar-refractivity contribution in [2.24, 2.45) is 0 Å². The van der Waals surface area contributed by atoms with Crippen molar-refractivity contribution in [1.82, 2.24) is 14.9 Å². The fraction of sp³-hybridized carbons (Fsp3) is 0.476. The van der Waals surface area contributed by atoms with Crippen molar-refractivity contribution in [2.45, 2.75) is 51.9 Å². The first-order valence-electron chi connectivity index (χ1n) is 9.84. The summed E-state index contributed by atoms with van der Waals surface area (Å²) >= 11 is 5.94. The number of carbonyl (C=O) groups is 1. The van der Waals surface area contributed by atoms with E-state index in [9.17, 15) is 9.18 Å². The van der Waals surface area contributed by atoms with Gasteiger partial charge in [-0.05, 0) is 62.9 Å². The van der Waals surface area contributed by atoms with Gasteiger partial charge in [0.1, 0.15) is 23.7 Å². The van der Waals surface area contributed by atoms with Gasteiger partial charge in [0, 0.05) is 13.1 Å². The third-order valence-electron chi connectivity index (χ3n) is 4.55. The van der Waals surface area contributed by atoms with Crippen LogP contribution in [-0.2, 0) is 11.4 Å². The van der Waals surface area contributed by atoms with Gasteiger partial charge in [0.15, 0.2) is 0 Å². The number of benzene rings is 1. The molecule has 0 bridgehead atoms. The van der Waals surface area contributed by atoms with Crippen LogP contribution in [0, 0.1) is 0 Å². The smallest absolute Gasteiger partial charge is 0.410 e. The molecule has 1 aliphatic rings. The highest BCUT2D eigenvalue weighted by Crippen LogP contribution is 2.29. The molecule has 3 rings (SSSR count). The lowest BCUT2D eigenvalue weighted by Gasteiger charge is -2.29. The summed E-state index contributed by atoms with van der Waals surface area (Å²) in [7, 11) is 0. The van der Waals surface area contributed by atoms with Crippen LogP contribution in [0.15, 0.2) is 30.5 Å². The fourth-order valence-corrected chi connectivity index (χ4v) is 3.27. The summed E-state index contributed by atoms with van der Waals surface area (Å²) in [4.78, 5) is 22.4. The van der Waals surface area contributed by atoms with Gasteiger partial charge in [-0.15, -0.1) is 0 Å². The topological polar surface area (TPSA) is 76.6 Å². The van der Waals surface area contributed by atoms with E-state index in [1.807, 2.05) is 20.8 Å². The molecule has 0 radical (unpaired) electrons. The first kappa shape index (κ1) is 22.1. The van der Waals surface area contributed by atoms with Gasteiger partial charge in [-0.3, -0.25) is 0 Å². The molecule has 1 aliphatic heterocycles.